The molecule has 3 atom stereocenters. The lowest BCUT2D eigenvalue weighted by atomic mass is 9.89. The van der Waals surface area contributed by atoms with Crippen molar-refractivity contribution in [3.63, 3.8) is 0 Å². The number of aryl methyl sites for hydroxylation is 1. The Balaban J connectivity index is 1.47. The molecule has 0 aliphatic heterocycles. The van der Waals surface area contributed by atoms with E-state index in [1.165, 1.54) is 25.7 Å². The Morgan fingerprint density at radius 1 is 1.22 bits per heavy atom. The summed E-state index contributed by atoms with van der Waals surface area (Å²) in [6.45, 7) is 2.49. The molecule has 2 bridgehead atoms. The Morgan fingerprint density at radius 2 is 2.04 bits per heavy atom. The molecule has 0 unspecified atom stereocenters. The average molecular weight is 310 g/mol. The van der Waals surface area contributed by atoms with Crippen LogP contribution in [-0.4, -0.2) is 23.2 Å². The van der Waals surface area contributed by atoms with Crippen molar-refractivity contribution in [2.24, 2.45) is 17.8 Å². The number of nitrogens with one attached hydrogen (secondary N) is 2. The summed E-state index contributed by atoms with van der Waals surface area (Å²) in [7, 11) is 0. The Kier molecular flexibility index (Phi) is 3.47. The van der Waals surface area contributed by atoms with Gasteiger partial charge in [-0.2, -0.15) is 0 Å². The number of aromatic amines is 1. The SMILES string of the molecule is Cc1[nH]c2ccccc2c1C(=O)C(=O)NC[C@@H]1C[C@@H]2CC[C@@H]1C2. The summed E-state index contributed by atoms with van der Waals surface area (Å²) in [4.78, 5) is 28.1. The molecule has 1 heterocycles. The molecule has 2 aliphatic carbocycles. The molecule has 1 aromatic carbocycles. The highest BCUT2D eigenvalue weighted by atomic mass is 16.2. The number of benzene rings is 1. The third-order valence-electron chi connectivity index (χ3n) is 5.74. The fraction of sp³-hybridized carbons (Fsp3) is 0.474. The van der Waals surface area contributed by atoms with Gasteiger partial charge in [-0.1, -0.05) is 24.6 Å². The predicted molar refractivity (Wildman–Crippen MR) is 89.3 cm³/mol. The van der Waals surface area contributed by atoms with E-state index in [4.69, 9.17) is 0 Å². The summed E-state index contributed by atoms with van der Waals surface area (Å²) < 4.78 is 0. The van der Waals surface area contributed by atoms with Crippen LogP contribution in [0.3, 0.4) is 0 Å². The predicted octanol–water partition coefficient (Wildman–Crippen LogP) is 3.21. The maximum atomic E-state index is 12.6. The van der Waals surface area contributed by atoms with Gasteiger partial charge in [0.05, 0.1) is 5.56 Å². The van der Waals surface area contributed by atoms with Crippen molar-refractivity contribution in [3.05, 3.63) is 35.5 Å². The van der Waals surface area contributed by atoms with E-state index in [0.29, 0.717) is 18.0 Å². The van der Waals surface area contributed by atoms with Gasteiger partial charge in [-0.05, 0) is 50.0 Å². The van der Waals surface area contributed by atoms with Crippen LogP contribution >= 0.6 is 0 Å². The van der Waals surface area contributed by atoms with Crippen molar-refractivity contribution >= 4 is 22.6 Å². The lowest BCUT2D eigenvalue weighted by molar-refractivity contribution is -0.117. The van der Waals surface area contributed by atoms with Gasteiger partial charge in [-0.25, -0.2) is 0 Å². The molecule has 23 heavy (non-hydrogen) atoms. The fourth-order valence-corrected chi connectivity index (χ4v) is 4.61. The van der Waals surface area contributed by atoms with Gasteiger partial charge < -0.3 is 10.3 Å². The van der Waals surface area contributed by atoms with Gasteiger partial charge in [0.2, 0.25) is 0 Å². The molecule has 1 aromatic heterocycles. The second-order valence-electron chi connectivity index (χ2n) is 7.14. The molecule has 2 fully saturated rings. The molecule has 4 rings (SSSR count). The van der Waals surface area contributed by atoms with Gasteiger partial charge in [-0.3, -0.25) is 9.59 Å². The van der Waals surface area contributed by atoms with Crippen molar-refractivity contribution < 1.29 is 9.59 Å². The quantitative estimate of drug-likeness (QED) is 0.673. The van der Waals surface area contributed by atoms with E-state index in [0.717, 1.165) is 28.4 Å². The first kappa shape index (κ1) is 14.5. The number of hydrogen-bond acceptors (Lipinski definition) is 2. The summed E-state index contributed by atoms with van der Waals surface area (Å²) in [5, 5.41) is 3.71. The Morgan fingerprint density at radius 3 is 2.78 bits per heavy atom. The maximum absolute atomic E-state index is 12.6. The van der Waals surface area contributed by atoms with Crippen molar-refractivity contribution in [2.75, 3.05) is 6.54 Å². The number of aromatic nitrogens is 1. The van der Waals surface area contributed by atoms with Crippen LogP contribution in [0.2, 0.25) is 0 Å². The summed E-state index contributed by atoms with van der Waals surface area (Å²) >= 11 is 0. The molecular weight excluding hydrogens is 288 g/mol. The molecule has 2 aromatic rings. The van der Waals surface area contributed by atoms with Crippen molar-refractivity contribution in [1.29, 1.82) is 0 Å². The highest BCUT2D eigenvalue weighted by Gasteiger charge is 2.39. The zero-order valence-corrected chi connectivity index (χ0v) is 13.4. The van der Waals surface area contributed by atoms with Gasteiger partial charge >= 0.3 is 0 Å². The molecular formula is C19H22N2O2. The number of hydrogen-bond donors (Lipinski definition) is 2. The molecule has 0 saturated heterocycles. The van der Waals surface area contributed by atoms with Crippen LogP contribution in [0.25, 0.3) is 10.9 Å². The molecule has 2 aliphatic rings. The van der Waals surface area contributed by atoms with E-state index in [9.17, 15) is 9.59 Å². The number of carbonyl (C=O) groups excluding carboxylic acids is 2. The standard InChI is InChI=1S/C19H22N2O2/c1-11-17(15-4-2-3-5-16(15)21-11)18(22)19(23)20-10-14-9-12-6-7-13(14)8-12/h2-5,12-14,21H,6-10H2,1H3,(H,20,23)/t12-,13-,14+/m1/s1. The molecule has 0 spiro atoms. The van der Waals surface area contributed by atoms with Crippen LogP contribution in [0, 0.1) is 24.7 Å². The van der Waals surface area contributed by atoms with E-state index in [1.54, 1.807) is 0 Å². The second kappa shape index (κ2) is 5.52. The molecule has 1 amide bonds. The Hall–Kier alpha value is -2.10. The van der Waals surface area contributed by atoms with Crippen molar-refractivity contribution in [3.8, 4) is 0 Å². The van der Waals surface area contributed by atoms with Gasteiger partial charge in [0.1, 0.15) is 0 Å². The summed E-state index contributed by atoms with van der Waals surface area (Å²) in [6.07, 6.45) is 5.17. The number of carbonyl (C=O) groups is 2. The lowest BCUT2D eigenvalue weighted by Crippen LogP contribution is -2.36. The Labute approximate surface area is 135 Å². The minimum Gasteiger partial charge on any atom is -0.358 e. The number of fused-ring (bicyclic) bond motifs is 3. The number of para-hydroxylation sites is 1. The molecule has 120 valence electrons. The molecule has 2 saturated carbocycles. The highest BCUT2D eigenvalue weighted by molar-refractivity contribution is 6.45. The van der Waals surface area contributed by atoms with Gasteiger partial charge in [0.15, 0.2) is 0 Å². The third-order valence-corrected chi connectivity index (χ3v) is 5.74. The van der Waals surface area contributed by atoms with E-state index >= 15 is 0 Å². The minimum atomic E-state index is -0.472. The van der Waals surface area contributed by atoms with Gasteiger partial charge in [-0.15, -0.1) is 0 Å². The first-order valence-electron chi connectivity index (χ1n) is 8.53. The van der Waals surface area contributed by atoms with Crippen LogP contribution in [0.4, 0.5) is 0 Å². The number of H-pyrrole nitrogens is 1. The normalized spacial score (nSPS) is 25.9. The second-order valence-corrected chi connectivity index (χ2v) is 7.14. The zero-order chi connectivity index (χ0) is 16.0. The van der Waals surface area contributed by atoms with Crippen LogP contribution in [0.5, 0.6) is 0 Å². The van der Waals surface area contributed by atoms with E-state index < -0.39 is 11.7 Å². The van der Waals surface area contributed by atoms with E-state index in [2.05, 4.69) is 10.3 Å². The molecule has 4 heteroatoms. The first-order chi connectivity index (χ1) is 11.1. The fourth-order valence-electron chi connectivity index (χ4n) is 4.61. The number of amides is 1. The summed E-state index contributed by atoms with van der Waals surface area (Å²) in [5.41, 5.74) is 2.16. The smallest absolute Gasteiger partial charge is 0.292 e. The maximum Gasteiger partial charge on any atom is 0.292 e. The van der Waals surface area contributed by atoms with Gasteiger partial charge in [0, 0.05) is 23.1 Å². The number of ketones is 1. The zero-order valence-electron chi connectivity index (χ0n) is 13.4. The van der Waals surface area contributed by atoms with Crippen LogP contribution in [0.1, 0.15) is 41.7 Å². The summed E-state index contributed by atoms with van der Waals surface area (Å²) in [6, 6.07) is 7.61. The van der Waals surface area contributed by atoms with Crippen molar-refractivity contribution in [2.45, 2.75) is 32.6 Å². The molecule has 2 N–H and O–H groups in total. The first-order valence-corrected chi connectivity index (χ1v) is 8.53. The van der Waals surface area contributed by atoms with Crippen LogP contribution in [0.15, 0.2) is 24.3 Å². The number of Topliss-reactive ketones (excluding diaryl/α,β-unsaturated/α-hetero) is 1. The Bertz CT molecular complexity index is 777. The largest absolute Gasteiger partial charge is 0.358 e. The van der Waals surface area contributed by atoms with Gasteiger partial charge in [0.25, 0.3) is 11.7 Å². The highest BCUT2D eigenvalue weighted by Crippen LogP contribution is 2.47. The van der Waals surface area contributed by atoms with Crippen molar-refractivity contribution in [1.82, 2.24) is 10.3 Å². The minimum absolute atomic E-state index is 0.428. The average Bonchev–Trinajstić information content (AvgIpc) is 3.24. The topological polar surface area (TPSA) is 62.0 Å². The third kappa shape index (κ3) is 2.46. The number of rotatable bonds is 4. The molecule has 4 nitrogen and oxygen atoms in total. The molecule has 0 radical (unpaired) electrons. The van der Waals surface area contributed by atoms with E-state index in [1.807, 2.05) is 31.2 Å². The van der Waals surface area contributed by atoms with Crippen LogP contribution < -0.4 is 5.32 Å². The monoisotopic (exact) mass is 310 g/mol. The summed E-state index contributed by atoms with van der Waals surface area (Å²) in [5.74, 6) is 1.27. The van der Waals surface area contributed by atoms with Crippen LogP contribution in [-0.2, 0) is 4.79 Å². The lowest BCUT2D eigenvalue weighted by Gasteiger charge is -2.21. The van der Waals surface area contributed by atoms with E-state index in [-0.39, 0.29) is 0 Å².